The van der Waals surface area contributed by atoms with Gasteiger partial charge in [0.1, 0.15) is 0 Å². The highest BCUT2D eigenvalue weighted by atomic mass is 35.5. The summed E-state index contributed by atoms with van der Waals surface area (Å²) < 4.78 is 19.6. The molecule has 1 aliphatic rings. The molecule has 20 heavy (non-hydrogen) atoms. The molecule has 4 heteroatoms. The summed E-state index contributed by atoms with van der Waals surface area (Å²) in [7, 11) is 0. The third-order valence-corrected chi connectivity index (χ3v) is 3.81. The molecule has 0 aromatic heterocycles. The van der Waals surface area contributed by atoms with E-state index < -0.39 is 5.82 Å². The molecule has 0 saturated carbocycles. The SMILES string of the molecule is Fc1c(Cl)cccc1NCC1OCCc2ccccc21. The Hall–Kier alpha value is -1.58. The average molecular weight is 292 g/mol. The van der Waals surface area contributed by atoms with Crippen LogP contribution in [0, 0.1) is 5.82 Å². The molecule has 3 rings (SSSR count). The fourth-order valence-electron chi connectivity index (χ4n) is 2.49. The minimum absolute atomic E-state index is 0.0571. The smallest absolute Gasteiger partial charge is 0.164 e. The summed E-state index contributed by atoms with van der Waals surface area (Å²) >= 11 is 5.77. The summed E-state index contributed by atoms with van der Waals surface area (Å²) in [5.41, 5.74) is 2.88. The average Bonchev–Trinajstić information content (AvgIpc) is 2.49. The number of rotatable bonds is 3. The first-order chi connectivity index (χ1) is 9.75. The highest BCUT2D eigenvalue weighted by Gasteiger charge is 2.20. The van der Waals surface area contributed by atoms with Crippen LogP contribution in [0.25, 0.3) is 0 Å². The lowest BCUT2D eigenvalue weighted by atomic mass is 9.97. The molecule has 0 spiro atoms. The molecule has 1 N–H and O–H groups in total. The topological polar surface area (TPSA) is 21.3 Å². The van der Waals surface area contributed by atoms with Gasteiger partial charge in [0.25, 0.3) is 0 Å². The summed E-state index contributed by atoms with van der Waals surface area (Å²) in [5.74, 6) is -0.418. The fourth-order valence-corrected chi connectivity index (χ4v) is 2.66. The van der Waals surface area contributed by atoms with Crippen molar-refractivity contribution in [2.24, 2.45) is 0 Å². The second-order valence-corrected chi connectivity index (χ2v) is 5.20. The van der Waals surface area contributed by atoms with Gasteiger partial charge in [0.2, 0.25) is 0 Å². The molecule has 2 aromatic carbocycles. The Morgan fingerprint density at radius 1 is 1.20 bits per heavy atom. The second kappa shape index (κ2) is 5.81. The maximum Gasteiger partial charge on any atom is 0.164 e. The van der Waals surface area contributed by atoms with Crippen LogP contribution in [0.2, 0.25) is 5.02 Å². The van der Waals surface area contributed by atoms with E-state index in [-0.39, 0.29) is 11.1 Å². The van der Waals surface area contributed by atoms with Crippen molar-refractivity contribution in [2.45, 2.75) is 12.5 Å². The number of hydrogen-bond donors (Lipinski definition) is 1. The van der Waals surface area contributed by atoms with Crippen LogP contribution in [0.15, 0.2) is 42.5 Å². The molecular weight excluding hydrogens is 277 g/mol. The van der Waals surface area contributed by atoms with Crippen molar-refractivity contribution in [2.75, 3.05) is 18.5 Å². The van der Waals surface area contributed by atoms with Crippen molar-refractivity contribution in [1.29, 1.82) is 0 Å². The van der Waals surface area contributed by atoms with Crippen LogP contribution in [0.4, 0.5) is 10.1 Å². The van der Waals surface area contributed by atoms with Crippen LogP contribution < -0.4 is 5.32 Å². The van der Waals surface area contributed by atoms with Gasteiger partial charge in [0.05, 0.1) is 23.4 Å². The number of halogens is 2. The molecule has 0 fully saturated rings. The molecule has 0 bridgehead atoms. The first-order valence-electron chi connectivity index (χ1n) is 6.63. The van der Waals surface area contributed by atoms with Gasteiger partial charge < -0.3 is 10.1 Å². The minimum atomic E-state index is -0.418. The third kappa shape index (κ3) is 2.65. The van der Waals surface area contributed by atoms with E-state index in [1.807, 2.05) is 12.1 Å². The van der Waals surface area contributed by atoms with E-state index in [0.717, 1.165) is 6.42 Å². The lowest BCUT2D eigenvalue weighted by molar-refractivity contribution is 0.0513. The molecule has 0 aliphatic carbocycles. The number of hydrogen-bond acceptors (Lipinski definition) is 2. The number of anilines is 1. The first-order valence-corrected chi connectivity index (χ1v) is 7.01. The Bertz CT molecular complexity index is 617. The van der Waals surface area contributed by atoms with E-state index in [9.17, 15) is 4.39 Å². The number of fused-ring (bicyclic) bond motifs is 1. The van der Waals surface area contributed by atoms with Gasteiger partial charge in [-0.3, -0.25) is 0 Å². The molecule has 1 atom stereocenters. The van der Waals surface area contributed by atoms with E-state index in [1.165, 1.54) is 17.2 Å². The van der Waals surface area contributed by atoms with Crippen LogP contribution in [-0.4, -0.2) is 13.2 Å². The third-order valence-electron chi connectivity index (χ3n) is 3.52. The quantitative estimate of drug-likeness (QED) is 0.915. The Kier molecular flexibility index (Phi) is 3.90. The highest BCUT2D eigenvalue weighted by molar-refractivity contribution is 6.31. The van der Waals surface area contributed by atoms with Crippen molar-refractivity contribution < 1.29 is 9.13 Å². The highest BCUT2D eigenvalue weighted by Crippen LogP contribution is 2.28. The lowest BCUT2D eigenvalue weighted by Crippen LogP contribution is -2.23. The van der Waals surface area contributed by atoms with Gasteiger partial charge in [-0.1, -0.05) is 41.9 Å². The minimum Gasteiger partial charge on any atom is -0.380 e. The van der Waals surface area contributed by atoms with Crippen LogP contribution in [0.3, 0.4) is 0 Å². The number of ether oxygens (including phenoxy) is 1. The fraction of sp³-hybridized carbons (Fsp3) is 0.250. The largest absolute Gasteiger partial charge is 0.380 e. The molecule has 0 saturated heterocycles. The molecule has 1 heterocycles. The summed E-state index contributed by atoms with van der Waals surface area (Å²) in [6.45, 7) is 1.22. The molecule has 0 radical (unpaired) electrons. The monoisotopic (exact) mass is 291 g/mol. The number of nitrogens with one attached hydrogen (secondary N) is 1. The zero-order valence-electron chi connectivity index (χ0n) is 10.9. The Labute approximate surface area is 122 Å². The molecular formula is C16H15ClFNO. The van der Waals surface area contributed by atoms with E-state index in [2.05, 4.69) is 17.4 Å². The summed E-state index contributed by atoms with van der Waals surface area (Å²) in [5, 5.41) is 3.20. The van der Waals surface area contributed by atoms with Gasteiger partial charge in [-0.25, -0.2) is 4.39 Å². The molecule has 2 nitrogen and oxygen atoms in total. The predicted molar refractivity (Wildman–Crippen MR) is 78.7 cm³/mol. The van der Waals surface area contributed by atoms with Gasteiger partial charge in [-0.2, -0.15) is 0 Å². The normalized spacial score (nSPS) is 17.6. The molecule has 1 unspecified atom stereocenters. The van der Waals surface area contributed by atoms with E-state index >= 15 is 0 Å². The Balaban J connectivity index is 1.75. The van der Waals surface area contributed by atoms with E-state index in [0.29, 0.717) is 18.8 Å². The van der Waals surface area contributed by atoms with Crippen LogP contribution in [0.1, 0.15) is 17.2 Å². The molecule has 2 aromatic rings. The zero-order chi connectivity index (χ0) is 13.9. The summed E-state index contributed by atoms with van der Waals surface area (Å²) in [6, 6.07) is 13.2. The standard InChI is InChI=1S/C16H15ClFNO/c17-13-6-3-7-14(16(13)18)19-10-15-12-5-2-1-4-11(12)8-9-20-15/h1-7,15,19H,8-10H2. The first kappa shape index (κ1) is 13.4. The van der Waals surface area contributed by atoms with E-state index in [4.69, 9.17) is 16.3 Å². The summed E-state index contributed by atoms with van der Waals surface area (Å²) in [6.07, 6.45) is 0.872. The molecule has 104 valence electrons. The zero-order valence-corrected chi connectivity index (χ0v) is 11.7. The van der Waals surface area contributed by atoms with Crippen LogP contribution in [-0.2, 0) is 11.2 Å². The van der Waals surface area contributed by atoms with E-state index in [1.54, 1.807) is 12.1 Å². The van der Waals surface area contributed by atoms with Crippen molar-refractivity contribution in [3.63, 3.8) is 0 Å². The predicted octanol–water partition coefficient (Wildman–Crippen LogP) is 4.21. The van der Waals surface area contributed by atoms with Crippen molar-refractivity contribution in [1.82, 2.24) is 0 Å². The van der Waals surface area contributed by atoms with Gasteiger partial charge in [0.15, 0.2) is 5.82 Å². The Morgan fingerprint density at radius 3 is 2.95 bits per heavy atom. The van der Waals surface area contributed by atoms with Crippen LogP contribution in [0.5, 0.6) is 0 Å². The van der Waals surface area contributed by atoms with Crippen molar-refractivity contribution in [3.8, 4) is 0 Å². The lowest BCUT2D eigenvalue weighted by Gasteiger charge is -2.26. The summed E-state index contributed by atoms with van der Waals surface area (Å²) in [4.78, 5) is 0. The van der Waals surface area contributed by atoms with Gasteiger partial charge >= 0.3 is 0 Å². The number of benzene rings is 2. The van der Waals surface area contributed by atoms with Gasteiger partial charge in [-0.15, -0.1) is 0 Å². The van der Waals surface area contributed by atoms with Crippen LogP contribution >= 0.6 is 11.6 Å². The van der Waals surface area contributed by atoms with Crippen molar-refractivity contribution >= 4 is 17.3 Å². The molecule has 1 aliphatic heterocycles. The van der Waals surface area contributed by atoms with Gasteiger partial charge in [-0.05, 0) is 29.7 Å². The van der Waals surface area contributed by atoms with Crippen molar-refractivity contribution in [3.05, 3.63) is 64.4 Å². The second-order valence-electron chi connectivity index (χ2n) is 4.79. The maximum atomic E-state index is 13.8. The molecule has 0 amide bonds. The Morgan fingerprint density at radius 2 is 2.05 bits per heavy atom. The maximum absolute atomic E-state index is 13.8. The van der Waals surface area contributed by atoms with Gasteiger partial charge in [0, 0.05) is 6.54 Å².